The monoisotopic (exact) mass is 604 g/mol. The van der Waals surface area contributed by atoms with Crippen molar-refractivity contribution in [3.63, 3.8) is 0 Å². The second-order valence-electron chi connectivity index (χ2n) is 11.8. The second kappa shape index (κ2) is 15.0. The summed E-state index contributed by atoms with van der Waals surface area (Å²) in [4.78, 5) is 29.7. The van der Waals surface area contributed by atoms with Gasteiger partial charge in [-0.25, -0.2) is 4.79 Å². The molecule has 0 unspecified atom stereocenters. The fourth-order valence-corrected chi connectivity index (χ4v) is 6.59. The van der Waals surface area contributed by atoms with Crippen molar-refractivity contribution in [3.8, 4) is 16.9 Å². The molecule has 234 valence electrons. The molecule has 0 N–H and O–H groups in total. The van der Waals surface area contributed by atoms with Gasteiger partial charge in [0.25, 0.3) is 0 Å². The lowest BCUT2D eigenvalue weighted by molar-refractivity contribution is -0.191. The van der Waals surface area contributed by atoms with Crippen molar-refractivity contribution in [2.45, 2.75) is 79.1 Å². The van der Waals surface area contributed by atoms with Gasteiger partial charge in [-0.2, -0.15) is 9.59 Å². The Morgan fingerprint density at radius 1 is 0.733 bits per heavy atom. The summed E-state index contributed by atoms with van der Waals surface area (Å²) < 4.78 is 11.8. The standard InChI is InChI=1S/C39H44O3.CO2/c1-7-10-11-12-21-42-37-20-17-31(25-34(37)38(40)41-9-3)39(30-16-15-28(6)29(8-2)24-30)35-22-26(4)13-18-32(35)33-19-14-27(5)23-36(33)39;2-1-3/h13-20,22-25H,7-12,21H2,1-6H3;. The molecule has 4 aromatic rings. The van der Waals surface area contributed by atoms with Crippen molar-refractivity contribution in [3.05, 3.63) is 123 Å². The normalized spacial score (nSPS) is 12.3. The Kier molecular flexibility index (Phi) is 11.1. The first kappa shape index (κ1) is 33.4. The van der Waals surface area contributed by atoms with Gasteiger partial charge in [0.15, 0.2) is 0 Å². The summed E-state index contributed by atoms with van der Waals surface area (Å²) in [5.41, 5.74) is 12.2. The van der Waals surface area contributed by atoms with Crippen LogP contribution in [0.3, 0.4) is 0 Å². The highest BCUT2D eigenvalue weighted by Crippen LogP contribution is 2.57. The maximum atomic E-state index is 13.5. The average molecular weight is 605 g/mol. The largest absolute Gasteiger partial charge is 0.493 e. The van der Waals surface area contributed by atoms with Crippen molar-refractivity contribution in [1.82, 2.24) is 0 Å². The first-order valence-electron chi connectivity index (χ1n) is 16.0. The van der Waals surface area contributed by atoms with E-state index < -0.39 is 5.41 Å². The number of hydrogen-bond donors (Lipinski definition) is 0. The lowest BCUT2D eigenvalue weighted by atomic mass is 9.66. The van der Waals surface area contributed by atoms with Crippen molar-refractivity contribution >= 4 is 12.1 Å². The molecule has 5 nitrogen and oxygen atoms in total. The molecule has 0 radical (unpaired) electrons. The Morgan fingerprint density at radius 3 is 1.91 bits per heavy atom. The van der Waals surface area contributed by atoms with E-state index in [9.17, 15) is 4.79 Å². The van der Waals surface area contributed by atoms with Gasteiger partial charge in [-0.05, 0) is 97.2 Å². The Labute approximate surface area is 267 Å². The van der Waals surface area contributed by atoms with Gasteiger partial charge >= 0.3 is 12.1 Å². The van der Waals surface area contributed by atoms with Crippen LogP contribution in [-0.2, 0) is 26.2 Å². The molecule has 0 atom stereocenters. The molecule has 5 rings (SSSR count). The number of aryl methyl sites for hydroxylation is 4. The van der Waals surface area contributed by atoms with Gasteiger partial charge in [-0.15, -0.1) is 0 Å². The van der Waals surface area contributed by atoms with Crippen LogP contribution in [0.1, 0.15) is 101 Å². The van der Waals surface area contributed by atoms with Crippen LogP contribution in [0, 0.1) is 20.8 Å². The van der Waals surface area contributed by atoms with Gasteiger partial charge in [-0.3, -0.25) is 0 Å². The molecular formula is C40H44O5. The molecule has 5 heteroatoms. The van der Waals surface area contributed by atoms with Crippen LogP contribution in [0.2, 0.25) is 0 Å². The fraction of sp³-hybridized carbons (Fsp3) is 0.350. The van der Waals surface area contributed by atoms with Gasteiger partial charge in [-0.1, -0.05) is 105 Å². The van der Waals surface area contributed by atoms with Crippen LogP contribution in [0.25, 0.3) is 11.1 Å². The van der Waals surface area contributed by atoms with Crippen LogP contribution >= 0.6 is 0 Å². The quantitative estimate of drug-likeness (QED) is 0.111. The summed E-state index contributed by atoms with van der Waals surface area (Å²) in [6, 6.07) is 26.7. The van der Waals surface area contributed by atoms with Gasteiger partial charge < -0.3 is 9.47 Å². The van der Waals surface area contributed by atoms with E-state index >= 15 is 0 Å². The second-order valence-corrected chi connectivity index (χ2v) is 11.8. The zero-order valence-electron chi connectivity index (χ0n) is 27.4. The summed E-state index contributed by atoms with van der Waals surface area (Å²) in [6.45, 7) is 13.7. The lowest BCUT2D eigenvalue weighted by Crippen LogP contribution is -2.29. The van der Waals surface area contributed by atoms with Crippen molar-refractivity contribution in [1.29, 1.82) is 0 Å². The molecule has 0 aliphatic heterocycles. The van der Waals surface area contributed by atoms with E-state index in [-0.39, 0.29) is 12.1 Å². The van der Waals surface area contributed by atoms with Crippen LogP contribution in [0.15, 0.2) is 72.8 Å². The fourth-order valence-electron chi connectivity index (χ4n) is 6.59. The highest BCUT2D eigenvalue weighted by molar-refractivity contribution is 5.94. The Morgan fingerprint density at radius 2 is 1.33 bits per heavy atom. The van der Waals surface area contributed by atoms with Crippen molar-refractivity contribution < 1.29 is 23.9 Å². The average Bonchev–Trinajstić information content (AvgIpc) is 3.31. The number of hydrogen-bond acceptors (Lipinski definition) is 5. The number of carbonyl (C=O) groups excluding carboxylic acids is 3. The SMILES string of the molecule is CCCCCCOc1ccc(C2(c3ccc(C)c(CC)c3)c3cc(C)ccc3-c3ccc(C)cc32)cc1C(=O)OCC.O=C=O. The van der Waals surface area contributed by atoms with E-state index in [0.717, 1.165) is 24.8 Å². The molecule has 1 aliphatic carbocycles. The maximum Gasteiger partial charge on any atom is 0.373 e. The van der Waals surface area contributed by atoms with Gasteiger partial charge in [0.2, 0.25) is 0 Å². The topological polar surface area (TPSA) is 69.7 Å². The van der Waals surface area contributed by atoms with Gasteiger partial charge in [0, 0.05) is 0 Å². The molecule has 0 saturated heterocycles. The van der Waals surface area contributed by atoms with Gasteiger partial charge in [0.1, 0.15) is 11.3 Å². The summed E-state index contributed by atoms with van der Waals surface area (Å²) in [5.74, 6) is 0.247. The third-order valence-electron chi connectivity index (χ3n) is 8.77. The van der Waals surface area contributed by atoms with E-state index in [0.29, 0.717) is 24.5 Å². The van der Waals surface area contributed by atoms with E-state index in [1.54, 1.807) is 0 Å². The van der Waals surface area contributed by atoms with E-state index in [1.165, 1.54) is 62.9 Å². The molecule has 0 fully saturated rings. The molecule has 0 saturated carbocycles. The van der Waals surface area contributed by atoms with E-state index in [2.05, 4.69) is 95.3 Å². The Bertz CT molecular complexity index is 1640. The number of fused-ring (bicyclic) bond motifs is 3. The Balaban J connectivity index is 0.00000148. The minimum absolute atomic E-state index is 0.250. The van der Waals surface area contributed by atoms with Crippen LogP contribution < -0.4 is 4.74 Å². The zero-order valence-corrected chi connectivity index (χ0v) is 27.4. The Hall–Kier alpha value is -4.47. The third kappa shape index (κ3) is 6.65. The first-order valence-corrected chi connectivity index (χ1v) is 16.0. The highest BCUT2D eigenvalue weighted by atomic mass is 16.5. The summed E-state index contributed by atoms with van der Waals surface area (Å²) >= 11 is 0. The molecule has 0 amide bonds. The minimum Gasteiger partial charge on any atom is -0.493 e. The lowest BCUT2D eigenvalue weighted by Gasteiger charge is -2.35. The number of unbranched alkanes of at least 4 members (excludes halogenated alkanes) is 3. The summed E-state index contributed by atoms with van der Waals surface area (Å²) in [7, 11) is 0. The highest BCUT2D eigenvalue weighted by Gasteiger charge is 2.47. The summed E-state index contributed by atoms with van der Waals surface area (Å²) in [6.07, 6.45) is 5.64. The number of esters is 1. The van der Waals surface area contributed by atoms with Crippen LogP contribution in [0.5, 0.6) is 5.75 Å². The molecular weight excluding hydrogens is 560 g/mol. The number of rotatable bonds is 11. The molecule has 45 heavy (non-hydrogen) atoms. The summed E-state index contributed by atoms with van der Waals surface area (Å²) in [5, 5.41) is 0. The molecule has 1 aliphatic rings. The van der Waals surface area contributed by atoms with Crippen LogP contribution in [0.4, 0.5) is 0 Å². The van der Waals surface area contributed by atoms with Crippen LogP contribution in [-0.4, -0.2) is 25.3 Å². The smallest absolute Gasteiger partial charge is 0.373 e. The molecule has 0 heterocycles. The molecule has 4 aromatic carbocycles. The third-order valence-corrected chi connectivity index (χ3v) is 8.77. The zero-order chi connectivity index (χ0) is 32.6. The number of carbonyl (C=O) groups is 1. The number of benzene rings is 4. The first-order chi connectivity index (χ1) is 21.8. The van der Waals surface area contributed by atoms with Crippen molar-refractivity contribution in [2.24, 2.45) is 0 Å². The maximum absolute atomic E-state index is 13.5. The van der Waals surface area contributed by atoms with Gasteiger partial charge in [0.05, 0.1) is 18.6 Å². The predicted molar refractivity (Wildman–Crippen MR) is 178 cm³/mol. The minimum atomic E-state index is -0.596. The molecule has 0 bridgehead atoms. The number of ether oxygens (including phenoxy) is 2. The molecule has 0 aromatic heterocycles. The van der Waals surface area contributed by atoms with E-state index in [4.69, 9.17) is 19.1 Å². The van der Waals surface area contributed by atoms with Crippen molar-refractivity contribution in [2.75, 3.05) is 13.2 Å². The molecule has 0 spiro atoms. The predicted octanol–water partition coefficient (Wildman–Crippen LogP) is 9.09. The van der Waals surface area contributed by atoms with E-state index in [1.807, 2.05) is 19.1 Å².